The molecule has 0 saturated heterocycles. The number of rotatable bonds is 8. The SMILES string of the molecule is CC(=N)C(Cl)(Cl)Cl.CC(C)(C)[Si](C)(C)O[C@H]1C[C@H](O)C=CC1=O.COc1ccc(CO[C@@H]2C=CC(=O)[C@@H](O[Si](C)(C)C(C)(C)C)C2)cc1. The summed E-state index contributed by atoms with van der Waals surface area (Å²) in [5.74, 6) is 0.860. The van der Waals surface area contributed by atoms with Gasteiger partial charge in [0.1, 0.15) is 18.0 Å². The van der Waals surface area contributed by atoms with Crippen LogP contribution in [0.2, 0.25) is 36.3 Å². The minimum Gasteiger partial charge on any atom is -0.497 e. The van der Waals surface area contributed by atoms with Crippen molar-refractivity contribution in [3.05, 3.63) is 54.1 Å². The predicted molar refractivity (Wildman–Crippen MR) is 203 cm³/mol. The fourth-order valence-electron chi connectivity index (χ4n) is 3.77. The Hall–Kier alpha value is -1.35. The van der Waals surface area contributed by atoms with Crippen molar-refractivity contribution in [2.24, 2.45) is 0 Å². The van der Waals surface area contributed by atoms with Crippen molar-refractivity contribution in [3.8, 4) is 5.75 Å². The maximum atomic E-state index is 12.2. The van der Waals surface area contributed by atoms with Crippen LogP contribution < -0.4 is 4.74 Å². The van der Waals surface area contributed by atoms with E-state index in [9.17, 15) is 14.7 Å². The lowest BCUT2D eigenvalue weighted by atomic mass is 10.0. The summed E-state index contributed by atoms with van der Waals surface area (Å²) in [5, 5.41) is 16.4. The smallest absolute Gasteiger partial charge is 0.227 e. The van der Waals surface area contributed by atoms with E-state index in [1.54, 1.807) is 13.2 Å². The van der Waals surface area contributed by atoms with Gasteiger partial charge in [0.2, 0.25) is 3.79 Å². The molecule has 0 aromatic heterocycles. The number of alkyl halides is 3. The Morgan fingerprint density at radius 1 is 0.833 bits per heavy atom. The van der Waals surface area contributed by atoms with Crippen molar-refractivity contribution in [1.82, 2.24) is 0 Å². The summed E-state index contributed by atoms with van der Waals surface area (Å²) >= 11 is 15.5. The Morgan fingerprint density at radius 3 is 1.65 bits per heavy atom. The van der Waals surface area contributed by atoms with Gasteiger partial charge in [0, 0.05) is 12.8 Å². The normalized spacial score (nSPS) is 21.9. The molecule has 272 valence electrons. The minimum atomic E-state index is -1.99. The second-order valence-corrected chi connectivity index (χ2v) is 26.9. The number of hydrogen-bond acceptors (Lipinski definition) is 8. The summed E-state index contributed by atoms with van der Waals surface area (Å²) in [4.78, 5) is 23.9. The molecule has 13 heteroatoms. The number of methoxy groups -OCH3 is 1. The van der Waals surface area contributed by atoms with Gasteiger partial charge < -0.3 is 28.8 Å². The summed E-state index contributed by atoms with van der Waals surface area (Å²) in [6, 6.07) is 7.81. The Labute approximate surface area is 305 Å². The van der Waals surface area contributed by atoms with E-state index in [4.69, 9.17) is 58.5 Å². The number of halogens is 3. The van der Waals surface area contributed by atoms with Crippen LogP contribution in [-0.4, -0.2) is 74.3 Å². The molecule has 48 heavy (non-hydrogen) atoms. The molecule has 2 N–H and O–H groups in total. The summed E-state index contributed by atoms with van der Waals surface area (Å²) in [7, 11) is -2.26. The lowest BCUT2D eigenvalue weighted by Crippen LogP contribution is -2.47. The predicted octanol–water partition coefficient (Wildman–Crippen LogP) is 9.16. The molecule has 0 spiro atoms. The molecule has 0 fully saturated rings. The van der Waals surface area contributed by atoms with Gasteiger partial charge in [-0.2, -0.15) is 0 Å². The van der Waals surface area contributed by atoms with Crippen LogP contribution in [-0.2, 0) is 29.8 Å². The van der Waals surface area contributed by atoms with Crippen molar-refractivity contribution < 1.29 is 33.0 Å². The fourth-order valence-corrected chi connectivity index (χ4v) is 6.32. The highest BCUT2D eigenvalue weighted by molar-refractivity contribution is 6.76. The molecule has 0 amide bonds. The van der Waals surface area contributed by atoms with E-state index >= 15 is 0 Å². The topological polar surface area (TPSA) is 115 Å². The monoisotopic (exact) mass is 763 g/mol. The number of aliphatic hydroxyl groups excluding tert-OH is 1. The van der Waals surface area contributed by atoms with Gasteiger partial charge in [0.05, 0.1) is 31.6 Å². The van der Waals surface area contributed by atoms with E-state index in [0.717, 1.165) is 11.3 Å². The zero-order chi connectivity index (χ0) is 37.3. The fraction of sp³-hybridized carbons (Fsp3) is 0.629. The van der Waals surface area contributed by atoms with Crippen LogP contribution in [0.3, 0.4) is 0 Å². The van der Waals surface area contributed by atoms with Gasteiger partial charge >= 0.3 is 0 Å². The molecule has 0 radical (unpaired) electrons. The van der Waals surface area contributed by atoms with Gasteiger partial charge in [-0.15, -0.1) is 0 Å². The highest BCUT2D eigenvalue weighted by Gasteiger charge is 2.42. The number of nitrogens with one attached hydrogen (secondary N) is 1. The van der Waals surface area contributed by atoms with E-state index in [-0.39, 0.29) is 33.5 Å². The molecule has 0 saturated carbocycles. The first-order valence-electron chi connectivity index (χ1n) is 16.0. The molecule has 8 nitrogen and oxygen atoms in total. The van der Waals surface area contributed by atoms with Crippen LogP contribution >= 0.6 is 34.8 Å². The third-order valence-electron chi connectivity index (χ3n) is 9.03. The highest BCUT2D eigenvalue weighted by Crippen LogP contribution is 2.39. The zero-order valence-electron chi connectivity index (χ0n) is 30.6. The van der Waals surface area contributed by atoms with Crippen LogP contribution in [0.4, 0.5) is 0 Å². The molecule has 0 unspecified atom stereocenters. The molecular weight excluding hydrogens is 709 g/mol. The van der Waals surface area contributed by atoms with Crippen LogP contribution in [0.15, 0.2) is 48.6 Å². The quantitative estimate of drug-likeness (QED) is 0.154. The minimum absolute atomic E-state index is 0.0184. The van der Waals surface area contributed by atoms with E-state index in [0.29, 0.717) is 19.4 Å². The van der Waals surface area contributed by atoms with Crippen molar-refractivity contribution in [2.45, 2.75) is 132 Å². The van der Waals surface area contributed by atoms with Crippen molar-refractivity contribution in [2.75, 3.05) is 7.11 Å². The van der Waals surface area contributed by atoms with Crippen LogP contribution in [0, 0.1) is 5.41 Å². The summed E-state index contributed by atoms with van der Waals surface area (Å²) in [6.07, 6.45) is 5.89. The second kappa shape index (κ2) is 18.2. The van der Waals surface area contributed by atoms with E-state index in [1.807, 2.05) is 30.3 Å². The van der Waals surface area contributed by atoms with Crippen LogP contribution in [0.5, 0.6) is 5.75 Å². The second-order valence-electron chi connectivity index (χ2n) is 15.1. The number of carbonyl (C=O) groups excluding carboxylic acids is 2. The molecule has 1 aromatic carbocycles. The standard InChI is InChI=1S/C20H30O4Si.C12H22O3Si.C3H4Cl3N/c1-20(2,3)25(5,6)24-19-13-17(11-12-18(19)21)23-14-15-7-9-16(22-4)10-8-15;1-12(2,3)16(4,5)15-11-8-9(13)6-7-10(11)14;1-2(7)3(4,5)6/h7-12,17,19H,13-14H2,1-6H3;6-7,9,11,13H,8H2,1-5H3;7H,1H3/t17-,19+;9-,11+;/m11./s1. The Kier molecular flexibility index (Phi) is 17.0. The number of carbonyl (C=O) groups is 2. The average molecular weight is 765 g/mol. The molecule has 0 aliphatic heterocycles. The molecule has 0 bridgehead atoms. The number of aliphatic hydroxyl groups is 1. The van der Waals surface area contributed by atoms with E-state index in [1.165, 1.54) is 19.1 Å². The third kappa shape index (κ3) is 14.9. The first-order valence-corrected chi connectivity index (χ1v) is 23.0. The van der Waals surface area contributed by atoms with Crippen molar-refractivity contribution in [1.29, 1.82) is 5.41 Å². The van der Waals surface area contributed by atoms with Gasteiger partial charge in [-0.05, 0) is 73.0 Å². The molecule has 4 atom stereocenters. The molecule has 3 rings (SSSR count). The molecule has 1 aromatic rings. The Bertz CT molecular complexity index is 1280. The average Bonchev–Trinajstić information content (AvgIpc) is 2.94. The van der Waals surface area contributed by atoms with E-state index < -0.39 is 38.7 Å². The van der Waals surface area contributed by atoms with Crippen molar-refractivity contribution in [3.63, 3.8) is 0 Å². The third-order valence-corrected chi connectivity index (χ3v) is 18.9. The number of benzene rings is 1. The largest absolute Gasteiger partial charge is 0.497 e. The lowest BCUT2D eigenvalue weighted by molar-refractivity contribution is -0.124. The molecule has 2 aliphatic carbocycles. The Balaban J connectivity index is 0.000000426. The summed E-state index contributed by atoms with van der Waals surface area (Å²) < 4.78 is 22.0. The summed E-state index contributed by atoms with van der Waals surface area (Å²) in [5.41, 5.74) is 1.12. The maximum absolute atomic E-state index is 12.2. The lowest BCUT2D eigenvalue weighted by Gasteiger charge is -2.39. The van der Waals surface area contributed by atoms with Gasteiger partial charge in [-0.3, -0.25) is 9.59 Å². The van der Waals surface area contributed by atoms with Gasteiger partial charge in [-0.1, -0.05) is 101 Å². The number of hydrogen-bond donors (Lipinski definition) is 2. The van der Waals surface area contributed by atoms with Crippen LogP contribution in [0.1, 0.15) is 66.9 Å². The highest BCUT2D eigenvalue weighted by atomic mass is 35.6. The van der Waals surface area contributed by atoms with Gasteiger partial charge in [0.25, 0.3) is 0 Å². The van der Waals surface area contributed by atoms with Crippen LogP contribution in [0.25, 0.3) is 0 Å². The van der Waals surface area contributed by atoms with Gasteiger partial charge in [-0.25, -0.2) is 0 Å². The van der Waals surface area contributed by atoms with E-state index in [2.05, 4.69) is 67.7 Å². The first-order chi connectivity index (χ1) is 21.7. The van der Waals surface area contributed by atoms with Gasteiger partial charge in [0.15, 0.2) is 28.2 Å². The molecular formula is C35H56Cl3NO7Si2. The maximum Gasteiger partial charge on any atom is 0.227 e. The molecule has 0 heterocycles. The zero-order valence-corrected chi connectivity index (χ0v) is 34.8. The first kappa shape index (κ1) is 44.7. The number of ether oxygens (including phenoxy) is 2. The molecule has 2 aliphatic rings. The Morgan fingerprint density at radius 2 is 1.25 bits per heavy atom. The van der Waals surface area contributed by atoms with Crippen molar-refractivity contribution >= 4 is 68.7 Å². The number of ketones is 2. The summed E-state index contributed by atoms with van der Waals surface area (Å²) in [6.45, 7) is 23.5.